The zero-order valence-electron chi connectivity index (χ0n) is 16.9. The molecule has 6 heteroatoms. The molecular formula is C23H24O6. The summed E-state index contributed by atoms with van der Waals surface area (Å²) in [5, 5.41) is 31.4. The number of allylic oxidation sites excluding steroid dienone is 2. The van der Waals surface area contributed by atoms with Crippen molar-refractivity contribution in [3.05, 3.63) is 51.2 Å². The van der Waals surface area contributed by atoms with Crippen molar-refractivity contribution in [3.63, 3.8) is 0 Å². The van der Waals surface area contributed by atoms with E-state index in [1.54, 1.807) is 26.0 Å². The number of phenols is 2. The summed E-state index contributed by atoms with van der Waals surface area (Å²) in [6.07, 6.45) is 2.16. The van der Waals surface area contributed by atoms with E-state index in [9.17, 15) is 20.1 Å². The molecule has 3 N–H and O–H groups in total. The Balaban J connectivity index is 2.02. The first-order valence-corrected chi connectivity index (χ1v) is 9.56. The fraction of sp³-hybridized carbons (Fsp3) is 0.348. The van der Waals surface area contributed by atoms with Crippen molar-refractivity contribution < 1.29 is 24.5 Å². The topological polar surface area (TPSA) is 100 Å². The van der Waals surface area contributed by atoms with E-state index in [0.717, 1.165) is 5.57 Å². The third-order valence-corrected chi connectivity index (χ3v) is 5.40. The van der Waals surface area contributed by atoms with Crippen molar-refractivity contribution >= 4 is 21.9 Å². The molecule has 1 aromatic heterocycles. The SMILES string of the molecule is CC(C)=CCc1c(O)cc(O)c2c(=O)c3c4c(ccc3oc12)O[C@@H](C(C)(C)O)C4. The third kappa shape index (κ3) is 3.13. The lowest BCUT2D eigenvalue weighted by Gasteiger charge is -2.24. The summed E-state index contributed by atoms with van der Waals surface area (Å²) in [6, 6.07) is 4.54. The van der Waals surface area contributed by atoms with Crippen molar-refractivity contribution in [2.75, 3.05) is 0 Å². The molecule has 152 valence electrons. The minimum Gasteiger partial charge on any atom is -0.507 e. The molecule has 1 aliphatic heterocycles. The maximum atomic E-state index is 13.4. The van der Waals surface area contributed by atoms with E-state index in [0.29, 0.717) is 40.7 Å². The van der Waals surface area contributed by atoms with E-state index in [1.165, 1.54) is 6.07 Å². The van der Waals surface area contributed by atoms with Gasteiger partial charge in [-0.05, 0) is 46.2 Å². The number of aromatic hydroxyl groups is 2. The predicted octanol–water partition coefficient (Wildman–Crippen LogP) is 3.94. The number of fused-ring (bicyclic) bond motifs is 4. The Kier molecular flexibility index (Phi) is 4.35. The minimum atomic E-state index is -1.08. The lowest BCUT2D eigenvalue weighted by atomic mass is 9.94. The maximum Gasteiger partial charge on any atom is 0.204 e. The van der Waals surface area contributed by atoms with Crippen molar-refractivity contribution in [3.8, 4) is 17.2 Å². The molecule has 2 heterocycles. The van der Waals surface area contributed by atoms with Gasteiger partial charge in [0.15, 0.2) is 0 Å². The molecule has 0 spiro atoms. The minimum absolute atomic E-state index is 0.0348. The van der Waals surface area contributed by atoms with Gasteiger partial charge in [-0.25, -0.2) is 0 Å². The van der Waals surface area contributed by atoms with Gasteiger partial charge in [-0.15, -0.1) is 0 Å². The van der Waals surface area contributed by atoms with Crippen molar-refractivity contribution in [1.29, 1.82) is 0 Å². The number of aliphatic hydroxyl groups is 1. The third-order valence-electron chi connectivity index (χ3n) is 5.40. The molecule has 6 nitrogen and oxygen atoms in total. The molecule has 0 amide bonds. The van der Waals surface area contributed by atoms with Gasteiger partial charge in [-0.3, -0.25) is 4.79 Å². The maximum absolute atomic E-state index is 13.4. The lowest BCUT2D eigenvalue weighted by Crippen LogP contribution is -2.39. The monoisotopic (exact) mass is 396 g/mol. The van der Waals surface area contributed by atoms with E-state index in [4.69, 9.17) is 9.15 Å². The molecular weight excluding hydrogens is 372 g/mol. The van der Waals surface area contributed by atoms with Crippen LogP contribution in [0.25, 0.3) is 21.9 Å². The van der Waals surface area contributed by atoms with Crippen LogP contribution in [0.5, 0.6) is 17.2 Å². The van der Waals surface area contributed by atoms with Crippen LogP contribution in [0.2, 0.25) is 0 Å². The van der Waals surface area contributed by atoms with Gasteiger partial charge in [0.25, 0.3) is 0 Å². The average molecular weight is 396 g/mol. The quantitative estimate of drug-likeness (QED) is 0.458. The molecule has 3 aromatic rings. The van der Waals surface area contributed by atoms with E-state index in [-0.39, 0.29) is 27.9 Å². The second-order valence-electron chi connectivity index (χ2n) is 8.39. The number of hydrogen-bond donors (Lipinski definition) is 3. The normalized spacial score (nSPS) is 16.1. The fourth-order valence-electron chi connectivity index (χ4n) is 3.77. The lowest BCUT2D eigenvalue weighted by molar-refractivity contribution is -0.0229. The Morgan fingerprint density at radius 1 is 1.21 bits per heavy atom. The summed E-state index contributed by atoms with van der Waals surface area (Å²) in [6.45, 7) is 7.20. The Bertz CT molecular complexity index is 1220. The van der Waals surface area contributed by atoms with E-state index >= 15 is 0 Å². The Morgan fingerprint density at radius 3 is 2.59 bits per heavy atom. The molecule has 0 unspecified atom stereocenters. The number of phenolic OH excluding ortho intramolecular Hbond substituents is 2. The van der Waals surface area contributed by atoms with Gasteiger partial charge >= 0.3 is 0 Å². The number of ether oxygens (including phenoxy) is 1. The molecule has 0 fully saturated rings. The van der Waals surface area contributed by atoms with Crippen LogP contribution in [-0.4, -0.2) is 27.0 Å². The summed E-state index contributed by atoms with van der Waals surface area (Å²) in [4.78, 5) is 13.4. The van der Waals surface area contributed by atoms with Gasteiger partial charge in [-0.1, -0.05) is 11.6 Å². The zero-order valence-corrected chi connectivity index (χ0v) is 16.9. The second kappa shape index (κ2) is 6.52. The van der Waals surface area contributed by atoms with Gasteiger partial charge in [-0.2, -0.15) is 0 Å². The van der Waals surface area contributed by atoms with Crippen LogP contribution in [0, 0.1) is 0 Å². The molecule has 2 aromatic carbocycles. The number of hydrogen-bond acceptors (Lipinski definition) is 6. The molecule has 1 atom stereocenters. The summed E-state index contributed by atoms with van der Waals surface area (Å²) >= 11 is 0. The summed E-state index contributed by atoms with van der Waals surface area (Å²) in [7, 11) is 0. The average Bonchev–Trinajstić information content (AvgIpc) is 3.05. The van der Waals surface area contributed by atoms with Crippen LogP contribution in [-0.2, 0) is 12.8 Å². The van der Waals surface area contributed by atoms with Crippen LogP contribution in [0.3, 0.4) is 0 Å². The van der Waals surface area contributed by atoms with Crippen LogP contribution in [0.1, 0.15) is 38.8 Å². The van der Waals surface area contributed by atoms with Crippen LogP contribution in [0.4, 0.5) is 0 Å². The van der Waals surface area contributed by atoms with Gasteiger partial charge in [0.05, 0.1) is 11.0 Å². The largest absolute Gasteiger partial charge is 0.507 e. The Morgan fingerprint density at radius 2 is 1.93 bits per heavy atom. The Labute approximate surface area is 167 Å². The van der Waals surface area contributed by atoms with Gasteiger partial charge in [0.2, 0.25) is 5.43 Å². The first-order chi connectivity index (χ1) is 13.6. The molecule has 0 bridgehead atoms. The highest BCUT2D eigenvalue weighted by atomic mass is 16.5. The van der Waals surface area contributed by atoms with Gasteiger partial charge in [0.1, 0.15) is 39.9 Å². The predicted molar refractivity (Wildman–Crippen MR) is 111 cm³/mol. The fourth-order valence-corrected chi connectivity index (χ4v) is 3.77. The molecule has 0 aliphatic carbocycles. The highest BCUT2D eigenvalue weighted by molar-refractivity contribution is 5.97. The van der Waals surface area contributed by atoms with Crippen molar-refractivity contribution in [2.24, 2.45) is 0 Å². The smallest absolute Gasteiger partial charge is 0.204 e. The van der Waals surface area contributed by atoms with Crippen LogP contribution < -0.4 is 10.2 Å². The van der Waals surface area contributed by atoms with E-state index in [2.05, 4.69) is 0 Å². The molecule has 0 radical (unpaired) electrons. The Hall–Kier alpha value is -2.99. The van der Waals surface area contributed by atoms with E-state index in [1.807, 2.05) is 19.9 Å². The second-order valence-corrected chi connectivity index (χ2v) is 8.39. The number of benzene rings is 2. The number of rotatable bonds is 3. The summed E-state index contributed by atoms with van der Waals surface area (Å²) < 4.78 is 11.9. The highest BCUT2D eigenvalue weighted by Gasteiger charge is 2.36. The first kappa shape index (κ1) is 19.3. The van der Waals surface area contributed by atoms with Gasteiger partial charge < -0.3 is 24.5 Å². The molecule has 4 rings (SSSR count). The molecule has 29 heavy (non-hydrogen) atoms. The van der Waals surface area contributed by atoms with Crippen LogP contribution in [0.15, 0.2) is 39.1 Å². The molecule has 0 saturated carbocycles. The molecule has 0 saturated heterocycles. The highest BCUT2D eigenvalue weighted by Crippen LogP contribution is 2.40. The van der Waals surface area contributed by atoms with Crippen molar-refractivity contribution in [2.45, 2.75) is 52.2 Å². The van der Waals surface area contributed by atoms with E-state index < -0.39 is 11.7 Å². The first-order valence-electron chi connectivity index (χ1n) is 9.56. The van der Waals surface area contributed by atoms with Gasteiger partial charge in [0, 0.05) is 23.6 Å². The van der Waals surface area contributed by atoms with Crippen LogP contribution >= 0.6 is 0 Å². The molecule has 1 aliphatic rings. The summed E-state index contributed by atoms with van der Waals surface area (Å²) in [5.41, 5.74) is 1.23. The standard InChI is InChI=1S/C23H24O6/c1-11(2)5-6-12-14(24)10-15(25)20-21(26)19-13-9-18(23(3,4)27)28-16(13)7-8-17(19)29-22(12)20/h5,7-8,10,18,24-25,27H,6,9H2,1-4H3/t18-/m1/s1. The summed E-state index contributed by atoms with van der Waals surface area (Å²) in [5.74, 6) is 0.0746. The zero-order chi connectivity index (χ0) is 21.1. The van der Waals surface area contributed by atoms with Crippen molar-refractivity contribution in [1.82, 2.24) is 0 Å².